The summed E-state index contributed by atoms with van der Waals surface area (Å²) in [6.45, 7) is 13.2. The van der Waals surface area contributed by atoms with Crippen LogP contribution in [0.2, 0.25) is 0 Å². The number of fused-ring (bicyclic) bond motifs is 7. The van der Waals surface area contributed by atoms with Crippen LogP contribution in [0.25, 0.3) is 5.57 Å². The number of hydrogen-bond acceptors (Lipinski definition) is 3. The van der Waals surface area contributed by atoms with Crippen LogP contribution in [0.1, 0.15) is 82.1 Å². The second-order valence-corrected chi connectivity index (χ2v) is 12.6. The third-order valence-electron chi connectivity index (χ3n) is 11.5. The number of aliphatic hydroxyl groups excluding tert-OH is 2. The summed E-state index contributed by atoms with van der Waals surface area (Å²) >= 11 is 0. The van der Waals surface area contributed by atoms with Gasteiger partial charge in [-0.25, -0.2) is 0 Å². The zero-order valence-electron chi connectivity index (χ0n) is 21.0. The van der Waals surface area contributed by atoms with Crippen molar-refractivity contribution in [1.82, 2.24) is 0 Å². The fourth-order valence-corrected chi connectivity index (χ4v) is 9.23. The molecule has 4 aliphatic carbocycles. The van der Waals surface area contributed by atoms with Crippen molar-refractivity contribution in [2.24, 2.45) is 33.5 Å². The molecule has 0 heterocycles. The molecule has 0 spiro atoms. The first kappa shape index (κ1) is 23.1. The van der Waals surface area contributed by atoms with Crippen LogP contribution in [0, 0.1) is 47.3 Å². The highest BCUT2D eigenvalue weighted by Gasteiger charge is 2.69. The fraction of sp³-hybridized carbons (Fsp3) is 0.690. The summed E-state index contributed by atoms with van der Waals surface area (Å²) in [5.74, 6) is -0.869. The van der Waals surface area contributed by atoms with Gasteiger partial charge in [0.15, 0.2) is 0 Å². The minimum Gasteiger partial charge on any atom is -0.481 e. The molecule has 8 atom stereocenters. The highest BCUT2D eigenvalue weighted by molar-refractivity contribution is 5.79. The zero-order chi connectivity index (χ0) is 24.1. The SMILES string of the molecule is Cc1ccc2c(c1C)C1=CCC3C4(C)CC(O)C(O)C(C)(C(=O)O)C4CCC3(C)C1(C)CC2. The van der Waals surface area contributed by atoms with Gasteiger partial charge in [0.05, 0.1) is 17.6 Å². The lowest BCUT2D eigenvalue weighted by Gasteiger charge is -2.69. The van der Waals surface area contributed by atoms with Crippen molar-refractivity contribution in [3.8, 4) is 0 Å². The lowest BCUT2D eigenvalue weighted by molar-refractivity contribution is -0.234. The van der Waals surface area contributed by atoms with E-state index in [-0.39, 0.29) is 28.1 Å². The van der Waals surface area contributed by atoms with E-state index in [1.807, 2.05) is 0 Å². The van der Waals surface area contributed by atoms with Gasteiger partial charge in [-0.15, -0.1) is 0 Å². The normalized spacial score (nSPS) is 46.4. The van der Waals surface area contributed by atoms with E-state index in [0.717, 1.165) is 32.1 Å². The quantitative estimate of drug-likeness (QED) is 0.540. The van der Waals surface area contributed by atoms with E-state index >= 15 is 0 Å². The number of allylic oxidation sites excluding steroid dienone is 2. The summed E-state index contributed by atoms with van der Waals surface area (Å²) < 4.78 is 0. The highest BCUT2D eigenvalue weighted by Crippen LogP contribution is 2.73. The van der Waals surface area contributed by atoms with Crippen LogP contribution in [0.3, 0.4) is 0 Å². The maximum absolute atomic E-state index is 12.5. The molecular weight excluding hydrogens is 412 g/mol. The molecule has 180 valence electrons. The second kappa shape index (κ2) is 6.95. The van der Waals surface area contributed by atoms with Crippen LogP contribution >= 0.6 is 0 Å². The minimum absolute atomic E-state index is 0.0100. The number of rotatable bonds is 1. The number of aliphatic carboxylic acids is 1. The highest BCUT2D eigenvalue weighted by atomic mass is 16.4. The Morgan fingerprint density at radius 1 is 1.03 bits per heavy atom. The lowest BCUT2D eigenvalue weighted by atomic mass is 9.35. The van der Waals surface area contributed by atoms with Gasteiger partial charge in [0.2, 0.25) is 0 Å². The average Bonchev–Trinajstić information content (AvgIpc) is 2.74. The standard InChI is InChI=1S/C29H40O4/c1-16-7-8-18-11-13-27(4)19(23(18)17(16)2)9-10-21-26(3)15-20(30)24(31)29(6,25(32)33)22(26)12-14-28(21,27)5/h7-9,20-22,24,30-31H,10-15H2,1-6H3,(H,32,33). The summed E-state index contributed by atoms with van der Waals surface area (Å²) in [5, 5.41) is 32.0. The molecule has 4 heteroatoms. The Morgan fingerprint density at radius 2 is 1.73 bits per heavy atom. The van der Waals surface area contributed by atoms with Crippen molar-refractivity contribution in [1.29, 1.82) is 0 Å². The van der Waals surface area contributed by atoms with Crippen molar-refractivity contribution in [2.45, 2.75) is 92.3 Å². The van der Waals surface area contributed by atoms with E-state index in [9.17, 15) is 20.1 Å². The second-order valence-electron chi connectivity index (χ2n) is 12.6. The third-order valence-corrected chi connectivity index (χ3v) is 11.5. The van der Waals surface area contributed by atoms with Gasteiger partial charge in [0.1, 0.15) is 0 Å². The molecule has 1 aromatic rings. The van der Waals surface area contributed by atoms with E-state index in [4.69, 9.17) is 0 Å². The number of hydrogen-bond donors (Lipinski definition) is 3. The maximum atomic E-state index is 12.5. The third kappa shape index (κ3) is 2.63. The first-order valence-corrected chi connectivity index (χ1v) is 12.7. The number of aryl methyl sites for hydroxylation is 2. The van der Waals surface area contributed by atoms with Gasteiger partial charge in [0.25, 0.3) is 0 Å². The van der Waals surface area contributed by atoms with Gasteiger partial charge in [0, 0.05) is 0 Å². The number of carbonyl (C=O) groups is 1. The van der Waals surface area contributed by atoms with E-state index in [2.05, 4.69) is 52.8 Å². The molecule has 5 rings (SSSR count). The Kier molecular flexibility index (Phi) is 4.86. The van der Waals surface area contributed by atoms with Crippen LogP contribution in [-0.4, -0.2) is 33.5 Å². The number of benzene rings is 1. The van der Waals surface area contributed by atoms with Crippen LogP contribution in [-0.2, 0) is 11.2 Å². The van der Waals surface area contributed by atoms with E-state index in [1.54, 1.807) is 6.92 Å². The van der Waals surface area contributed by atoms with Gasteiger partial charge in [-0.05, 0) is 115 Å². The Balaban J connectivity index is 1.67. The van der Waals surface area contributed by atoms with Gasteiger partial charge >= 0.3 is 5.97 Å². The number of carboxylic acid groups (broad SMARTS) is 1. The Morgan fingerprint density at radius 3 is 2.39 bits per heavy atom. The van der Waals surface area contributed by atoms with Gasteiger partial charge in [-0.1, -0.05) is 39.0 Å². The Bertz CT molecular complexity index is 1060. The van der Waals surface area contributed by atoms with Crippen molar-refractivity contribution in [3.05, 3.63) is 40.5 Å². The number of aliphatic hydroxyl groups is 2. The van der Waals surface area contributed by atoms with Crippen LogP contribution < -0.4 is 0 Å². The van der Waals surface area contributed by atoms with Crippen LogP contribution in [0.5, 0.6) is 0 Å². The molecular formula is C29H40O4. The maximum Gasteiger partial charge on any atom is 0.312 e. The van der Waals surface area contributed by atoms with Gasteiger partial charge in [-0.3, -0.25) is 4.79 Å². The first-order chi connectivity index (χ1) is 15.3. The molecule has 0 radical (unpaired) electrons. The molecule has 0 aromatic heterocycles. The van der Waals surface area contributed by atoms with Crippen molar-refractivity contribution in [3.63, 3.8) is 0 Å². The molecule has 2 saturated carbocycles. The summed E-state index contributed by atoms with van der Waals surface area (Å²) in [4.78, 5) is 12.5. The zero-order valence-corrected chi connectivity index (χ0v) is 21.0. The van der Waals surface area contributed by atoms with Crippen molar-refractivity contribution >= 4 is 11.5 Å². The summed E-state index contributed by atoms with van der Waals surface area (Å²) in [5.41, 5.74) is 5.47. The molecule has 4 nitrogen and oxygen atoms in total. The lowest BCUT2D eigenvalue weighted by Crippen LogP contribution is -2.68. The van der Waals surface area contributed by atoms with Gasteiger partial charge < -0.3 is 15.3 Å². The fourth-order valence-electron chi connectivity index (χ4n) is 9.23. The summed E-state index contributed by atoms with van der Waals surface area (Å²) in [7, 11) is 0. The Hall–Kier alpha value is -1.65. The average molecular weight is 453 g/mol. The molecule has 2 fully saturated rings. The van der Waals surface area contributed by atoms with E-state index in [0.29, 0.717) is 6.42 Å². The summed E-state index contributed by atoms with van der Waals surface area (Å²) in [6.07, 6.45) is 5.50. The monoisotopic (exact) mass is 452 g/mol. The molecule has 33 heavy (non-hydrogen) atoms. The molecule has 0 aliphatic heterocycles. The van der Waals surface area contributed by atoms with E-state index in [1.165, 1.54) is 27.8 Å². The van der Waals surface area contributed by atoms with Gasteiger partial charge in [-0.2, -0.15) is 0 Å². The smallest absolute Gasteiger partial charge is 0.312 e. The van der Waals surface area contributed by atoms with Crippen molar-refractivity contribution < 1.29 is 20.1 Å². The molecule has 4 aliphatic rings. The van der Waals surface area contributed by atoms with Crippen LogP contribution in [0.4, 0.5) is 0 Å². The first-order valence-electron chi connectivity index (χ1n) is 12.7. The molecule has 0 saturated heterocycles. The number of carboxylic acids is 1. The molecule has 3 N–H and O–H groups in total. The molecule has 0 amide bonds. The minimum atomic E-state index is -1.33. The Labute approximate surface area is 198 Å². The largest absolute Gasteiger partial charge is 0.481 e. The van der Waals surface area contributed by atoms with Crippen molar-refractivity contribution in [2.75, 3.05) is 0 Å². The molecule has 8 unspecified atom stereocenters. The predicted molar refractivity (Wildman–Crippen MR) is 130 cm³/mol. The predicted octanol–water partition coefficient (Wildman–Crippen LogP) is 5.30. The van der Waals surface area contributed by atoms with E-state index < -0.39 is 23.6 Å². The van der Waals surface area contributed by atoms with Crippen LogP contribution in [0.15, 0.2) is 18.2 Å². The molecule has 1 aromatic carbocycles. The molecule has 0 bridgehead atoms. The summed E-state index contributed by atoms with van der Waals surface area (Å²) in [6, 6.07) is 4.56. The topological polar surface area (TPSA) is 77.8 Å².